The van der Waals surface area contributed by atoms with Gasteiger partial charge in [0.05, 0.1) is 22.0 Å². The number of hydrogen-bond acceptors (Lipinski definition) is 3. The van der Waals surface area contributed by atoms with Crippen LogP contribution in [-0.4, -0.2) is 16.8 Å². The predicted molar refractivity (Wildman–Crippen MR) is 113 cm³/mol. The molecule has 0 aliphatic carbocycles. The highest BCUT2D eigenvalue weighted by Gasteiger charge is 2.33. The number of pyridine rings is 1. The monoisotopic (exact) mass is 467 g/mol. The molecule has 0 radical (unpaired) electrons. The molecule has 0 unspecified atom stereocenters. The van der Waals surface area contributed by atoms with Crippen LogP contribution in [-0.2, 0) is 6.18 Å². The van der Waals surface area contributed by atoms with Gasteiger partial charge < -0.3 is 10.6 Å². The third-order valence-electron chi connectivity index (χ3n) is 4.18. The molecule has 0 spiro atoms. The summed E-state index contributed by atoms with van der Waals surface area (Å²) in [7, 11) is 0. The van der Waals surface area contributed by atoms with Crippen molar-refractivity contribution < 1.29 is 22.8 Å². The zero-order valence-corrected chi connectivity index (χ0v) is 17.4. The summed E-state index contributed by atoms with van der Waals surface area (Å²) in [5.41, 5.74) is -0.367. The van der Waals surface area contributed by atoms with Gasteiger partial charge in [0, 0.05) is 16.3 Å². The fourth-order valence-corrected chi connectivity index (χ4v) is 3.04. The molecule has 2 amide bonds. The van der Waals surface area contributed by atoms with E-state index in [1.807, 2.05) is 0 Å². The van der Waals surface area contributed by atoms with Crippen molar-refractivity contribution in [3.63, 3.8) is 0 Å². The fourth-order valence-electron chi connectivity index (χ4n) is 2.68. The molecule has 5 nitrogen and oxygen atoms in total. The molecule has 31 heavy (non-hydrogen) atoms. The molecule has 0 aliphatic rings. The average Bonchev–Trinajstić information content (AvgIpc) is 2.69. The highest BCUT2D eigenvalue weighted by molar-refractivity contribution is 6.34. The highest BCUT2D eigenvalue weighted by atomic mass is 35.5. The number of halogens is 5. The maximum Gasteiger partial charge on any atom is 0.433 e. The molecule has 2 N–H and O–H groups in total. The van der Waals surface area contributed by atoms with E-state index in [1.54, 1.807) is 18.2 Å². The number of amides is 2. The minimum atomic E-state index is -4.61. The first-order valence-corrected chi connectivity index (χ1v) is 9.53. The van der Waals surface area contributed by atoms with Gasteiger partial charge in [0.2, 0.25) is 0 Å². The van der Waals surface area contributed by atoms with Crippen LogP contribution >= 0.6 is 23.2 Å². The lowest BCUT2D eigenvalue weighted by Gasteiger charge is -2.12. The molecule has 0 aliphatic heterocycles. The molecule has 0 fully saturated rings. The van der Waals surface area contributed by atoms with Gasteiger partial charge in [0.15, 0.2) is 0 Å². The Labute approximate surface area is 185 Å². The molecule has 0 atom stereocenters. The molecule has 0 bridgehead atoms. The third kappa shape index (κ3) is 5.53. The number of carbonyl (C=O) groups excluding carboxylic acids is 2. The molecule has 0 saturated heterocycles. The SMILES string of the molecule is Cc1nc(C(F)(F)F)ccc1C(=O)Nc1ccc(Cl)c(NC(=O)c2cccc(Cl)c2)c1. The number of nitrogens with one attached hydrogen (secondary N) is 2. The molecule has 3 aromatic rings. The Hall–Kier alpha value is -3.10. The van der Waals surface area contributed by atoms with Crippen LogP contribution in [0.5, 0.6) is 0 Å². The molecular formula is C21H14Cl2F3N3O2. The Bertz CT molecular complexity index is 1170. The first kappa shape index (κ1) is 22.6. The first-order chi connectivity index (χ1) is 14.5. The summed E-state index contributed by atoms with van der Waals surface area (Å²) in [5, 5.41) is 5.79. The Morgan fingerprint density at radius 2 is 1.68 bits per heavy atom. The zero-order valence-electron chi connectivity index (χ0n) is 15.8. The number of nitrogens with zero attached hydrogens (tertiary/aromatic N) is 1. The van der Waals surface area contributed by atoms with E-state index in [1.165, 1.54) is 31.2 Å². The van der Waals surface area contributed by atoms with Crippen molar-refractivity contribution in [2.24, 2.45) is 0 Å². The van der Waals surface area contributed by atoms with Crippen molar-refractivity contribution in [3.05, 3.63) is 87.2 Å². The summed E-state index contributed by atoms with van der Waals surface area (Å²) in [6, 6.07) is 12.5. The third-order valence-corrected chi connectivity index (χ3v) is 4.74. The van der Waals surface area contributed by atoms with E-state index in [0.717, 1.165) is 12.1 Å². The largest absolute Gasteiger partial charge is 0.433 e. The predicted octanol–water partition coefficient (Wildman–Crippen LogP) is 6.22. The summed E-state index contributed by atoms with van der Waals surface area (Å²) in [6.45, 7) is 1.31. The first-order valence-electron chi connectivity index (χ1n) is 8.77. The van der Waals surface area contributed by atoms with Crippen molar-refractivity contribution in [2.75, 3.05) is 10.6 Å². The highest BCUT2D eigenvalue weighted by Crippen LogP contribution is 2.29. The lowest BCUT2D eigenvalue weighted by Crippen LogP contribution is -2.17. The van der Waals surface area contributed by atoms with Gasteiger partial charge in [-0.2, -0.15) is 13.2 Å². The second-order valence-electron chi connectivity index (χ2n) is 6.44. The lowest BCUT2D eigenvalue weighted by molar-refractivity contribution is -0.141. The van der Waals surface area contributed by atoms with Crippen molar-refractivity contribution in [3.8, 4) is 0 Å². The van der Waals surface area contributed by atoms with Crippen molar-refractivity contribution in [1.29, 1.82) is 0 Å². The van der Waals surface area contributed by atoms with Crippen LogP contribution in [0.2, 0.25) is 10.0 Å². The Balaban J connectivity index is 1.79. The number of anilines is 2. The summed E-state index contributed by atoms with van der Waals surface area (Å²) in [4.78, 5) is 28.4. The van der Waals surface area contributed by atoms with E-state index in [-0.39, 0.29) is 27.7 Å². The van der Waals surface area contributed by atoms with E-state index in [4.69, 9.17) is 23.2 Å². The zero-order chi connectivity index (χ0) is 22.8. The topological polar surface area (TPSA) is 71.1 Å². The van der Waals surface area contributed by atoms with Gasteiger partial charge in [-0.1, -0.05) is 29.3 Å². The van der Waals surface area contributed by atoms with Gasteiger partial charge in [-0.25, -0.2) is 4.98 Å². The average molecular weight is 468 g/mol. The molecule has 160 valence electrons. The summed E-state index contributed by atoms with van der Waals surface area (Å²) in [6.07, 6.45) is -4.61. The number of aromatic nitrogens is 1. The van der Waals surface area contributed by atoms with Crippen LogP contribution in [0, 0.1) is 6.92 Å². The van der Waals surface area contributed by atoms with Gasteiger partial charge in [0.1, 0.15) is 5.69 Å². The van der Waals surface area contributed by atoms with Gasteiger partial charge in [-0.15, -0.1) is 0 Å². The molecule has 3 rings (SSSR count). The van der Waals surface area contributed by atoms with E-state index in [9.17, 15) is 22.8 Å². The number of aryl methyl sites for hydroxylation is 1. The molecular weight excluding hydrogens is 454 g/mol. The normalized spacial score (nSPS) is 11.2. The maximum atomic E-state index is 12.8. The fraction of sp³-hybridized carbons (Fsp3) is 0.0952. The second kappa shape index (κ2) is 8.95. The number of hydrogen-bond donors (Lipinski definition) is 2. The van der Waals surface area contributed by atoms with Crippen LogP contribution in [0.1, 0.15) is 32.1 Å². The van der Waals surface area contributed by atoms with E-state index in [0.29, 0.717) is 10.6 Å². The minimum Gasteiger partial charge on any atom is -0.322 e. The van der Waals surface area contributed by atoms with Gasteiger partial charge in [-0.3, -0.25) is 9.59 Å². The standard InChI is InChI=1S/C21H14Cl2F3N3O2/c1-11-15(6-8-18(27-11)21(24,25)26)20(31)28-14-5-7-16(23)17(10-14)29-19(30)12-3-2-4-13(22)9-12/h2-10H,1H3,(H,28,31)(H,29,30). The molecule has 2 aromatic carbocycles. The molecule has 10 heteroatoms. The van der Waals surface area contributed by atoms with E-state index in [2.05, 4.69) is 15.6 Å². The minimum absolute atomic E-state index is 0.0209. The Morgan fingerprint density at radius 3 is 2.32 bits per heavy atom. The summed E-state index contributed by atoms with van der Waals surface area (Å²) >= 11 is 12.0. The van der Waals surface area contributed by atoms with Gasteiger partial charge in [-0.05, 0) is 55.5 Å². The molecule has 1 heterocycles. The Kier molecular flexibility index (Phi) is 6.52. The van der Waals surface area contributed by atoms with Crippen LogP contribution in [0.4, 0.5) is 24.5 Å². The quantitative estimate of drug-likeness (QED) is 0.478. The van der Waals surface area contributed by atoms with Crippen LogP contribution in [0.15, 0.2) is 54.6 Å². The van der Waals surface area contributed by atoms with Crippen LogP contribution in [0.25, 0.3) is 0 Å². The van der Waals surface area contributed by atoms with Crippen LogP contribution in [0.3, 0.4) is 0 Å². The van der Waals surface area contributed by atoms with Crippen LogP contribution < -0.4 is 10.6 Å². The second-order valence-corrected chi connectivity index (χ2v) is 7.28. The Morgan fingerprint density at radius 1 is 0.935 bits per heavy atom. The number of carbonyl (C=O) groups is 2. The van der Waals surface area contributed by atoms with Crippen molar-refractivity contribution in [2.45, 2.75) is 13.1 Å². The lowest BCUT2D eigenvalue weighted by atomic mass is 10.1. The summed E-state index contributed by atoms with van der Waals surface area (Å²) in [5.74, 6) is -1.12. The number of alkyl halides is 3. The van der Waals surface area contributed by atoms with Crippen molar-refractivity contribution in [1.82, 2.24) is 4.98 Å². The maximum absolute atomic E-state index is 12.8. The number of benzene rings is 2. The van der Waals surface area contributed by atoms with Gasteiger partial charge >= 0.3 is 6.18 Å². The molecule has 1 aromatic heterocycles. The van der Waals surface area contributed by atoms with E-state index >= 15 is 0 Å². The van der Waals surface area contributed by atoms with Crippen molar-refractivity contribution >= 4 is 46.4 Å². The van der Waals surface area contributed by atoms with Gasteiger partial charge in [0.25, 0.3) is 11.8 Å². The van der Waals surface area contributed by atoms with E-state index < -0.39 is 23.7 Å². The molecule has 0 saturated carbocycles. The number of rotatable bonds is 4. The smallest absolute Gasteiger partial charge is 0.322 e. The summed E-state index contributed by atoms with van der Waals surface area (Å²) < 4.78 is 38.3.